The van der Waals surface area contributed by atoms with Crippen LogP contribution in [0.15, 0.2) is 96.1 Å². The Balaban J connectivity index is 1.62. The summed E-state index contributed by atoms with van der Waals surface area (Å²) in [5, 5.41) is 0. The predicted octanol–water partition coefficient (Wildman–Crippen LogP) is 5.25. The Morgan fingerprint density at radius 3 is 1.69 bits per heavy atom. The topological polar surface area (TPSA) is 55.8 Å². The molecule has 160 valence electrons. The number of Topliss-reactive ketones (excluding diaryl/α,β-unsaturated/α-hetero) is 1. The van der Waals surface area contributed by atoms with Crippen LogP contribution in [0.4, 0.5) is 4.79 Å². The third-order valence-electron chi connectivity index (χ3n) is 5.11. The molecule has 1 aliphatic heterocycles. The Morgan fingerprint density at radius 2 is 1.22 bits per heavy atom. The van der Waals surface area contributed by atoms with Gasteiger partial charge in [0.15, 0.2) is 5.78 Å². The van der Waals surface area contributed by atoms with E-state index in [2.05, 4.69) is 0 Å². The van der Waals surface area contributed by atoms with Crippen LogP contribution in [0.1, 0.15) is 11.1 Å². The van der Waals surface area contributed by atoms with Gasteiger partial charge in [0.2, 0.25) is 0 Å². The third kappa shape index (κ3) is 5.13. The molecule has 1 saturated heterocycles. The van der Waals surface area contributed by atoms with Crippen molar-refractivity contribution in [3.8, 4) is 11.5 Å². The minimum absolute atomic E-state index is 0.0637. The average Bonchev–Trinajstić information content (AvgIpc) is 2.83. The molecule has 1 heterocycles. The van der Waals surface area contributed by atoms with Crippen molar-refractivity contribution in [2.45, 2.75) is 0 Å². The highest BCUT2D eigenvalue weighted by molar-refractivity contribution is 6.15. The first-order valence-corrected chi connectivity index (χ1v) is 10.3. The molecule has 1 aliphatic rings. The van der Waals surface area contributed by atoms with Gasteiger partial charge in [-0.15, -0.1) is 0 Å². The molecule has 4 rings (SSSR count). The first kappa shape index (κ1) is 21.1. The highest BCUT2D eigenvalue weighted by Crippen LogP contribution is 2.24. The van der Waals surface area contributed by atoms with Crippen molar-refractivity contribution in [3.63, 3.8) is 0 Å². The SMILES string of the molecule is COc1ccc(OC(=O)N2C/C(=C/c3ccccc3)C(=O)/C(=C/c3ccccc3)C2)cc1. The minimum Gasteiger partial charge on any atom is -0.497 e. The molecule has 0 unspecified atom stereocenters. The van der Waals surface area contributed by atoms with E-state index >= 15 is 0 Å². The van der Waals surface area contributed by atoms with Gasteiger partial charge in [0.1, 0.15) is 11.5 Å². The summed E-state index contributed by atoms with van der Waals surface area (Å²) in [7, 11) is 1.58. The highest BCUT2D eigenvalue weighted by Gasteiger charge is 2.30. The number of likely N-dealkylation sites (tertiary alicyclic amines) is 1. The Hall–Kier alpha value is -4.12. The Morgan fingerprint density at radius 1 is 0.750 bits per heavy atom. The number of methoxy groups -OCH3 is 1. The van der Waals surface area contributed by atoms with E-state index in [4.69, 9.17) is 9.47 Å². The lowest BCUT2D eigenvalue weighted by atomic mass is 9.94. The molecule has 5 nitrogen and oxygen atoms in total. The second-order valence-electron chi connectivity index (χ2n) is 7.39. The number of hydrogen-bond acceptors (Lipinski definition) is 4. The molecule has 3 aromatic carbocycles. The first-order valence-electron chi connectivity index (χ1n) is 10.3. The number of nitrogens with zero attached hydrogens (tertiary/aromatic N) is 1. The van der Waals surface area contributed by atoms with E-state index in [1.165, 1.54) is 4.90 Å². The smallest absolute Gasteiger partial charge is 0.415 e. The van der Waals surface area contributed by atoms with Crippen molar-refractivity contribution in [1.29, 1.82) is 0 Å². The summed E-state index contributed by atoms with van der Waals surface area (Å²) in [4.78, 5) is 27.7. The second-order valence-corrected chi connectivity index (χ2v) is 7.39. The van der Waals surface area contributed by atoms with E-state index in [9.17, 15) is 9.59 Å². The van der Waals surface area contributed by atoms with Gasteiger partial charge in [0.05, 0.1) is 20.2 Å². The van der Waals surface area contributed by atoms with Crippen LogP contribution in [0.2, 0.25) is 0 Å². The van der Waals surface area contributed by atoms with Crippen LogP contribution in [0, 0.1) is 0 Å². The maximum absolute atomic E-state index is 13.2. The zero-order valence-corrected chi connectivity index (χ0v) is 17.7. The fourth-order valence-electron chi connectivity index (χ4n) is 3.48. The van der Waals surface area contributed by atoms with E-state index < -0.39 is 6.09 Å². The van der Waals surface area contributed by atoms with E-state index in [-0.39, 0.29) is 18.9 Å². The summed E-state index contributed by atoms with van der Waals surface area (Å²) >= 11 is 0. The van der Waals surface area contributed by atoms with Gasteiger partial charge in [-0.05, 0) is 47.5 Å². The molecule has 32 heavy (non-hydrogen) atoms. The predicted molar refractivity (Wildman–Crippen MR) is 124 cm³/mol. The molecule has 0 aliphatic carbocycles. The number of amides is 1. The molecule has 0 bridgehead atoms. The van der Waals surface area contributed by atoms with E-state index in [1.807, 2.05) is 72.8 Å². The number of carbonyl (C=O) groups is 2. The number of piperidine rings is 1. The molecule has 0 aromatic heterocycles. The van der Waals surface area contributed by atoms with E-state index in [1.54, 1.807) is 31.4 Å². The molecular weight excluding hydrogens is 402 g/mol. The molecule has 0 radical (unpaired) electrons. The van der Waals surface area contributed by atoms with Crippen molar-refractivity contribution in [3.05, 3.63) is 107 Å². The van der Waals surface area contributed by atoms with Gasteiger partial charge in [-0.2, -0.15) is 0 Å². The standard InChI is InChI=1S/C27H23NO4/c1-31-24-12-14-25(15-13-24)32-27(30)28-18-22(16-20-8-4-2-5-9-20)26(29)23(19-28)17-21-10-6-3-7-11-21/h2-17H,18-19H2,1H3/b22-16-,23-17+. The van der Waals surface area contributed by atoms with E-state index in [0.29, 0.717) is 22.6 Å². The number of benzene rings is 3. The van der Waals surface area contributed by atoms with Gasteiger partial charge in [-0.1, -0.05) is 60.7 Å². The summed E-state index contributed by atoms with van der Waals surface area (Å²) < 4.78 is 10.7. The number of rotatable bonds is 4. The molecule has 5 heteroatoms. The second kappa shape index (κ2) is 9.79. The largest absolute Gasteiger partial charge is 0.497 e. The van der Waals surface area contributed by atoms with Gasteiger partial charge in [-0.3, -0.25) is 9.69 Å². The van der Waals surface area contributed by atoms with Crippen molar-refractivity contribution in [2.75, 3.05) is 20.2 Å². The van der Waals surface area contributed by atoms with Crippen LogP contribution < -0.4 is 9.47 Å². The quantitative estimate of drug-likeness (QED) is 0.536. The monoisotopic (exact) mass is 425 g/mol. The van der Waals surface area contributed by atoms with Crippen LogP contribution in [0.25, 0.3) is 12.2 Å². The van der Waals surface area contributed by atoms with Gasteiger partial charge >= 0.3 is 6.09 Å². The van der Waals surface area contributed by atoms with Crippen molar-refractivity contribution >= 4 is 24.0 Å². The molecule has 0 spiro atoms. The fraction of sp³-hybridized carbons (Fsp3) is 0.111. The number of ether oxygens (including phenoxy) is 2. The maximum atomic E-state index is 13.2. The summed E-state index contributed by atoms with van der Waals surface area (Å²) in [5.74, 6) is 1.02. The minimum atomic E-state index is -0.513. The summed E-state index contributed by atoms with van der Waals surface area (Å²) in [5.41, 5.74) is 2.88. The van der Waals surface area contributed by atoms with Crippen LogP contribution >= 0.6 is 0 Å². The lowest BCUT2D eigenvalue weighted by Gasteiger charge is -2.29. The highest BCUT2D eigenvalue weighted by atomic mass is 16.6. The van der Waals surface area contributed by atoms with Gasteiger partial charge in [0, 0.05) is 11.1 Å². The summed E-state index contributed by atoms with van der Waals surface area (Å²) in [6, 6.07) is 26.0. The lowest BCUT2D eigenvalue weighted by Crippen LogP contribution is -2.43. The number of ketones is 1. The normalized spacial score (nSPS) is 16.3. The van der Waals surface area contributed by atoms with Gasteiger partial charge < -0.3 is 9.47 Å². The average molecular weight is 425 g/mol. The molecule has 3 aromatic rings. The van der Waals surface area contributed by atoms with Gasteiger partial charge in [0.25, 0.3) is 0 Å². The van der Waals surface area contributed by atoms with Crippen LogP contribution in [-0.2, 0) is 4.79 Å². The van der Waals surface area contributed by atoms with Gasteiger partial charge in [-0.25, -0.2) is 4.79 Å². The van der Waals surface area contributed by atoms with Crippen LogP contribution in [0.5, 0.6) is 11.5 Å². The maximum Gasteiger partial charge on any atom is 0.415 e. The third-order valence-corrected chi connectivity index (χ3v) is 5.11. The molecular formula is C27H23NO4. The van der Waals surface area contributed by atoms with Crippen LogP contribution in [0.3, 0.4) is 0 Å². The number of hydrogen-bond donors (Lipinski definition) is 0. The molecule has 1 fully saturated rings. The molecule has 1 amide bonds. The molecule has 0 saturated carbocycles. The Kier molecular flexibility index (Phi) is 6.46. The molecule has 0 N–H and O–H groups in total. The zero-order valence-electron chi connectivity index (χ0n) is 17.7. The zero-order chi connectivity index (χ0) is 22.3. The van der Waals surface area contributed by atoms with Crippen molar-refractivity contribution < 1.29 is 19.1 Å². The molecule has 0 atom stereocenters. The summed E-state index contributed by atoms with van der Waals surface area (Å²) in [6.07, 6.45) is 3.14. The fourth-order valence-corrected chi connectivity index (χ4v) is 3.48. The van der Waals surface area contributed by atoms with E-state index in [0.717, 1.165) is 11.1 Å². The van der Waals surface area contributed by atoms with Crippen molar-refractivity contribution in [2.24, 2.45) is 0 Å². The lowest BCUT2D eigenvalue weighted by molar-refractivity contribution is -0.113. The number of carbonyl (C=O) groups excluding carboxylic acids is 2. The Bertz CT molecular complexity index is 1090. The van der Waals surface area contributed by atoms with Crippen LogP contribution in [-0.4, -0.2) is 37.0 Å². The Labute approximate surface area is 187 Å². The van der Waals surface area contributed by atoms with Crippen molar-refractivity contribution in [1.82, 2.24) is 4.90 Å². The summed E-state index contributed by atoms with van der Waals surface area (Å²) in [6.45, 7) is 0.351. The first-order chi connectivity index (χ1) is 15.6.